The Morgan fingerprint density at radius 2 is 2.11 bits per heavy atom. The average Bonchev–Trinajstić information content (AvgIpc) is 3.33. The van der Waals surface area contributed by atoms with Crippen LogP contribution in [-0.2, 0) is 21.5 Å². The number of ether oxygens (including phenoxy) is 1. The minimum Gasteiger partial charge on any atom is -0.391 e. The summed E-state index contributed by atoms with van der Waals surface area (Å²) in [5.41, 5.74) is 1.63. The Kier molecular flexibility index (Phi) is 5.51. The minimum absolute atomic E-state index is 0.0254. The molecule has 150 valence electrons. The highest BCUT2D eigenvalue weighted by Crippen LogP contribution is 2.38. The zero-order valence-electron chi connectivity index (χ0n) is 16.4. The van der Waals surface area contributed by atoms with Crippen molar-refractivity contribution in [3.05, 3.63) is 54.1 Å². The van der Waals surface area contributed by atoms with Crippen LogP contribution in [0.2, 0.25) is 0 Å². The lowest BCUT2D eigenvalue weighted by Gasteiger charge is -2.38. The van der Waals surface area contributed by atoms with Crippen molar-refractivity contribution >= 4 is 5.91 Å². The van der Waals surface area contributed by atoms with E-state index in [2.05, 4.69) is 29.4 Å². The van der Waals surface area contributed by atoms with Gasteiger partial charge in [0.15, 0.2) is 0 Å². The number of amides is 1. The van der Waals surface area contributed by atoms with Gasteiger partial charge in [0.25, 0.3) is 0 Å². The van der Waals surface area contributed by atoms with Crippen molar-refractivity contribution < 1.29 is 14.6 Å². The van der Waals surface area contributed by atoms with E-state index < -0.39 is 11.5 Å². The number of aliphatic hydroxyl groups excluding tert-OH is 1. The second kappa shape index (κ2) is 8.05. The molecule has 0 bridgehead atoms. The van der Waals surface area contributed by atoms with Crippen molar-refractivity contribution in [2.75, 3.05) is 13.2 Å². The molecule has 2 aliphatic rings. The summed E-state index contributed by atoms with van der Waals surface area (Å²) < 4.78 is 7.60. The normalized spacial score (nSPS) is 26.9. The summed E-state index contributed by atoms with van der Waals surface area (Å²) in [6.07, 6.45) is 7.82. The highest BCUT2D eigenvalue weighted by Gasteiger charge is 2.45. The molecule has 2 N–H and O–H groups in total. The first-order chi connectivity index (χ1) is 13.6. The first-order valence-corrected chi connectivity index (χ1v) is 10.2. The molecule has 2 aromatic rings. The number of aromatic nitrogens is 2. The van der Waals surface area contributed by atoms with Gasteiger partial charge in [-0.15, -0.1) is 0 Å². The maximum Gasteiger partial charge on any atom is 0.231 e. The number of carbonyl (C=O) groups excluding carboxylic acids is 1. The summed E-state index contributed by atoms with van der Waals surface area (Å²) in [5.74, 6) is 0.357. The Labute approximate surface area is 165 Å². The fraction of sp³-hybridized carbons (Fsp3) is 0.545. The number of rotatable bonds is 5. The highest BCUT2D eigenvalue weighted by atomic mass is 16.5. The molecule has 1 unspecified atom stereocenters. The van der Waals surface area contributed by atoms with Crippen LogP contribution in [0.15, 0.2) is 43.0 Å². The smallest absolute Gasteiger partial charge is 0.231 e. The van der Waals surface area contributed by atoms with Gasteiger partial charge in [-0.25, -0.2) is 4.98 Å². The van der Waals surface area contributed by atoms with Gasteiger partial charge >= 0.3 is 0 Å². The Balaban J connectivity index is 1.49. The standard InChI is InChI=1S/C22H29N3O3/c1-16-4-2-3-5-18(16)22(6-10-28-11-7-22)21(27)24-19-12-17(13-20(19)26)14-25-9-8-23-15-25/h2-5,8-9,15,17,19-20,26H,6-7,10-14H2,1H3,(H,24,27)/t17?,19-,20-/m1/s1. The minimum atomic E-state index is -0.578. The molecule has 1 aliphatic carbocycles. The summed E-state index contributed by atoms with van der Waals surface area (Å²) >= 11 is 0. The first kappa shape index (κ1) is 19.2. The number of imidazole rings is 1. The second-order valence-corrected chi connectivity index (χ2v) is 8.25. The zero-order chi connectivity index (χ0) is 19.6. The lowest BCUT2D eigenvalue weighted by Crippen LogP contribution is -2.52. The van der Waals surface area contributed by atoms with E-state index in [1.165, 1.54) is 0 Å². The molecule has 6 nitrogen and oxygen atoms in total. The quantitative estimate of drug-likeness (QED) is 0.830. The van der Waals surface area contributed by atoms with E-state index >= 15 is 0 Å². The number of hydrogen-bond donors (Lipinski definition) is 2. The third kappa shape index (κ3) is 3.71. The van der Waals surface area contributed by atoms with Crippen molar-refractivity contribution in [3.63, 3.8) is 0 Å². The van der Waals surface area contributed by atoms with Crippen LogP contribution in [0.3, 0.4) is 0 Å². The van der Waals surface area contributed by atoms with E-state index in [4.69, 9.17) is 4.74 Å². The number of nitrogens with zero attached hydrogens (tertiary/aromatic N) is 2. The molecular formula is C22H29N3O3. The van der Waals surface area contributed by atoms with E-state index in [1.54, 1.807) is 12.5 Å². The van der Waals surface area contributed by atoms with E-state index in [1.807, 2.05) is 22.9 Å². The topological polar surface area (TPSA) is 76.4 Å². The summed E-state index contributed by atoms with van der Waals surface area (Å²) in [7, 11) is 0. The number of hydrogen-bond acceptors (Lipinski definition) is 4. The first-order valence-electron chi connectivity index (χ1n) is 10.2. The maximum absolute atomic E-state index is 13.5. The molecule has 1 aliphatic heterocycles. The van der Waals surface area contributed by atoms with Crippen LogP contribution in [0.4, 0.5) is 0 Å². The van der Waals surface area contributed by atoms with Crippen LogP contribution in [0.1, 0.15) is 36.8 Å². The van der Waals surface area contributed by atoms with Crippen LogP contribution in [0, 0.1) is 12.8 Å². The molecule has 1 amide bonds. The lowest BCUT2D eigenvalue weighted by atomic mass is 9.71. The van der Waals surface area contributed by atoms with Crippen LogP contribution in [-0.4, -0.2) is 45.9 Å². The molecule has 4 rings (SSSR count). The lowest BCUT2D eigenvalue weighted by molar-refractivity contribution is -0.131. The number of aliphatic hydroxyl groups is 1. The highest BCUT2D eigenvalue weighted by molar-refractivity contribution is 5.89. The molecule has 1 saturated heterocycles. The van der Waals surface area contributed by atoms with Crippen LogP contribution >= 0.6 is 0 Å². The molecule has 3 atom stereocenters. The van der Waals surface area contributed by atoms with Crippen LogP contribution in [0.5, 0.6) is 0 Å². The van der Waals surface area contributed by atoms with Gasteiger partial charge in [-0.05, 0) is 49.7 Å². The van der Waals surface area contributed by atoms with Gasteiger partial charge < -0.3 is 19.7 Å². The molecule has 0 spiro atoms. The largest absolute Gasteiger partial charge is 0.391 e. The molecule has 1 aromatic carbocycles. The van der Waals surface area contributed by atoms with E-state index in [0.717, 1.165) is 24.1 Å². The van der Waals surface area contributed by atoms with Crippen molar-refractivity contribution in [3.8, 4) is 0 Å². The van der Waals surface area contributed by atoms with Crippen molar-refractivity contribution in [2.45, 2.75) is 56.7 Å². The maximum atomic E-state index is 13.5. The molecule has 1 aromatic heterocycles. The third-order valence-corrected chi connectivity index (χ3v) is 6.41. The third-order valence-electron chi connectivity index (χ3n) is 6.41. The SMILES string of the molecule is Cc1ccccc1C1(C(=O)N[C@@H]2CC(Cn3ccnc3)C[C@H]2O)CCOCC1. The predicted octanol–water partition coefficient (Wildman–Crippen LogP) is 2.20. The molecule has 1 saturated carbocycles. The predicted molar refractivity (Wildman–Crippen MR) is 106 cm³/mol. The van der Waals surface area contributed by atoms with Gasteiger partial charge in [-0.1, -0.05) is 24.3 Å². The van der Waals surface area contributed by atoms with Gasteiger partial charge in [0.2, 0.25) is 5.91 Å². The Hall–Kier alpha value is -2.18. The van der Waals surface area contributed by atoms with Crippen molar-refractivity contribution in [2.24, 2.45) is 5.92 Å². The number of benzene rings is 1. The Bertz CT molecular complexity index is 799. The van der Waals surface area contributed by atoms with Gasteiger partial charge in [0, 0.05) is 32.2 Å². The number of aryl methyl sites for hydroxylation is 1. The van der Waals surface area contributed by atoms with Crippen LogP contribution < -0.4 is 5.32 Å². The number of nitrogens with one attached hydrogen (secondary N) is 1. The van der Waals surface area contributed by atoms with Crippen molar-refractivity contribution in [1.29, 1.82) is 0 Å². The van der Waals surface area contributed by atoms with E-state index in [-0.39, 0.29) is 11.9 Å². The fourth-order valence-electron chi connectivity index (χ4n) is 4.87. The molecular weight excluding hydrogens is 354 g/mol. The summed E-state index contributed by atoms with van der Waals surface area (Å²) in [6.45, 7) is 4.04. The van der Waals surface area contributed by atoms with Gasteiger partial charge in [-0.3, -0.25) is 4.79 Å². The Morgan fingerprint density at radius 1 is 1.32 bits per heavy atom. The van der Waals surface area contributed by atoms with Gasteiger partial charge in [-0.2, -0.15) is 0 Å². The molecule has 28 heavy (non-hydrogen) atoms. The van der Waals surface area contributed by atoms with Crippen molar-refractivity contribution in [1.82, 2.24) is 14.9 Å². The van der Waals surface area contributed by atoms with Gasteiger partial charge in [0.05, 0.1) is 23.9 Å². The monoisotopic (exact) mass is 383 g/mol. The van der Waals surface area contributed by atoms with Gasteiger partial charge in [0.1, 0.15) is 0 Å². The average molecular weight is 383 g/mol. The number of carbonyl (C=O) groups is 1. The molecule has 6 heteroatoms. The zero-order valence-corrected chi connectivity index (χ0v) is 16.4. The summed E-state index contributed by atoms with van der Waals surface area (Å²) in [4.78, 5) is 17.6. The van der Waals surface area contributed by atoms with E-state index in [0.29, 0.717) is 38.4 Å². The Morgan fingerprint density at radius 3 is 2.82 bits per heavy atom. The second-order valence-electron chi connectivity index (χ2n) is 8.25. The fourth-order valence-corrected chi connectivity index (χ4v) is 4.87. The molecule has 2 heterocycles. The van der Waals surface area contributed by atoms with Crippen LogP contribution in [0.25, 0.3) is 0 Å². The molecule has 2 fully saturated rings. The molecule has 0 radical (unpaired) electrons. The summed E-state index contributed by atoms with van der Waals surface area (Å²) in [6, 6.07) is 7.92. The van der Waals surface area contributed by atoms with E-state index in [9.17, 15) is 9.90 Å². The summed E-state index contributed by atoms with van der Waals surface area (Å²) in [5, 5.41) is 13.8.